The summed E-state index contributed by atoms with van der Waals surface area (Å²) in [7, 11) is 1.31. The average molecular weight is 369 g/mol. The standard InChI is InChI=1S/C18H21ClO6/c1-9-12(17(22)23-3)8-13(19)15-14(9)24-18(2,25-15)11-6-4-10(5-7-11)16(20)21/h8,10-11H,4-7H2,1-3H3,(H,20,21). The fraction of sp³-hybridized carbons (Fsp3) is 0.556. The van der Waals surface area contributed by atoms with Gasteiger partial charge in [-0.3, -0.25) is 4.79 Å². The van der Waals surface area contributed by atoms with Crippen molar-refractivity contribution >= 4 is 23.5 Å². The Morgan fingerprint density at radius 3 is 2.40 bits per heavy atom. The molecule has 25 heavy (non-hydrogen) atoms. The van der Waals surface area contributed by atoms with Crippen LogP contribution in [0.3, 0.4) is 0 Å². The summed E-state index contributed by atoms with van der Waals surface area (Å²) in [6.45, 7) is 3.60. The molecule has 2 aliphatic rings. The van der Waals surface area contributed by atoms with E-state index in [0.717, 1.165) is 0 Å². The molecule has 0 aromatic heterocycles. The summed E-state index contributed by atoms with van der Waals surface area (Å²) in [4.78, 5) is 23.1. The zero-order chi connectivity index (χ0) is 18.4. The Hall–Kier alpha value is -1.95. The second kappa shape index (κ2) is 6.41. The topological polar surface area (TPSA) is 82.1 Å². The van der Waals surface area contributed by atoms with Crippen molar-refractivity contribution in [3.63, 3.8) is 0 Å². The maximum Gasteiger partial charge on any atom is 0.338 e. The molecule has 1 N–H and O–H groups in total. The first-order chi connectivity index (χ1) is 11.8. The highest BCUT2D eigenvalue weighted by Crippen LogP contribution is 2.51. The normalized spacial score (nSPS) is 27.8. The van der Waals surface area contributed by atoms with Crippen molar-refractivity contribution in [2.24, 2.45) is 11.8 Å². The third kappa shape index (κ3) is 3.03. The molecule has 1 unspecified atom stereocenters. The summed E-state index contributed by atoms with van der Waals surface area (Å²) >= 11 is 6.29. The van der Waals surface area contributed by atoms with Gasteiger partial charge in [-0.25, -0.2) is 4.79 Å². The number of fused-ring (bicyclic) bond motifs is 1. The molecule has 1 fully saturated rings. The maximum atomic E-state index is 11.9. The lowest BCUT2D eigenvalue weighted by molar-refractivity contribution is -0.148. The van der Waals surface area contributed by atoms with E-state index < -0.39 is 17.7 Å². The summed E-state index contributed by atoms with van der Waals surface area (Å²) in [5.41, 5.74) is 0.961. The molecule has 7 heteroatoms. The largest absolute Gasteiger partial charge is 0.481 e. The van der Waals surface area contributed by atoms with Crippen LogP contribution < -0.4 is 9.47 Å². The molecule has 0 spiro atoms. The van der Waals surface area contributed by atoms with Crippen molar-refractivity contribution in [3.8, 4) is 11.5 Å². The van der Waals surface area contributed by atoms with E-state index in [0.29, 0.717) is 53.3 Å². The zero-order valence-corrected chi connectivity index (χ0v) is 15.2. The van der Waals surface area contributed by atoms with Gasteiger partial charge in [0.25, 0.3) is 5.79 Å². The number of hydrogen-bond acceptors (Lipinski definition) is 5. The number of carbonyl (C=O) groups is 2. The van der Waals surface area contributed by atoms with Crippen LogP contribution in [0.2, 0.25) is 5.02 Å². The minimum Gasteiger partial charge on any atom is -0.481 e. The zero-order valence-electron chi connectivity index (χ0n) is 14.4. The quantitative estimate of drug-likeness (QED) is 0.817. The molecule has 1 aliphatic carbocycles. The number of hydrogen-bond donors (Lipinski definition) is 1. The lowest BCUT2D eigenvalue weighted by atomic mass is 9.78. The molecule has 0 saturated heterocycles. The van der Waals surface area contributed by atoms with Crippen LogP contribution in [0.15, 0.2) is 6.07 Å². The first-order valence-corrected chi connectivity index (χ1v) is 8.67. The van der Waals surface area contributed by atoms with Crippen molar-refractivity contribution in [2.75, 3.05) is 7.11 Å². The minimum absolute atomic E-state index is 0.0487. The third-order valence-electron chi connectivity index (χ3n) is 5.27. The molecule has 0 bridgehead atoms. The Morgan fingerprint density at radius 2 is 1.84 bits per heavy atom. The molecular formula is C18H21ClO6. The van der Waals surface area contributed by atoms with E-state index in [4.69, 9.17) is 30.9 Å². The Labute approximate surface area is 151 Å². The second-order valence-electron chi connectivity index (χ2n) is 6.79. The summed E-state index contributed by atoms with van der Waals surface area (Å²) < 4.78 is 17.0. The molecule has 1 aromatic carbocycles. The number of methoxy groups -OCH3 is 1. The van der Waals surface area contributed by atoms with Crippen LogP contribution in [-0.4, -0.2) is 29.9 Å². The van der Waals surface area contributed by atoms with Crippen molar-refractivity contribution in [1.82, 2.24) is 0 Å². The molecule has 1 heterocycles. The summed E-state index contributed by atoms with van der Waals surface area (Å²) in [5.74, 6) is -1.53. The van der Waals surface area contributed by atoms with Gasteiger partial charge in [0.1, 0.15) is 0 Å². The number of carboxylic acids is 1. The van der Waals surface area contributed by atoms with Gasteiger partial charge in [0.05, 0.1) is 23.6 Å². The van der Waals surface area contributed by atoms with Crippen molar-refractivity contribution in [1.29, 1.82) is 0 Å². The van der Waals surface area contributed by atoms with Gasteiger partial charge in [0.15, 0.2) is 11.5 Å². The van der Waals surface area contributed by atoms with Crippen LogP contribution in [0, 0.1) is 18.8 Å². The molecule has 6 nitrogen and oxygen atoms in total. The Morgan fingerprint density at radius 1 is 1.24 bits per heavy atom. The molecular weight excluding hydrogens is 348 g/mol. The van der Waals surface area contributed by atoms with Gasteiger partial charge in [-0.15, -0.1) is 0 Å². The smallest absolute Gasteiger partial charge is 0.338 e. The summed E-state index contributed by atoms with van der Waals surface area (Å²) in [5, 5.41) is 9.45. The molecule has 1 aliphatic heterocycles. The Kier molecular flexibility index (Phi) is 4.58. The number of rotatable bonds is 3. The fourth-order valence-electron chi connectivity index (χ4n) is 3.70. The lowest BCUT2D eigenvalue weighted by Crippen LogP contribution is -2.45. The van der Waals surface area contributed by atoms with Gasteiger partial charge in [-0.2, -0.15) is 0 Å². The number of ether oxygens (including phenoxy) is 3. The van der Waals surface area contributed by atoms with Gasteiger partial charge >= 0.3 is 11.9 Å². The number of carboxylic acid groups (broad SMARTS) is 1. The number of aliphatic carboxylic acids is 1. The van der Waals surface area contributed by atoms with E-state index in [1.165, 1.54) is 13.2 Å². The van der Waals surface area contributed by atoms with Crippen LogP contribution >= 0.6 is 11.6 Å². The first-order valence-electron chi connectivity index (χ1n) is 8.29. The molecule has 0 radical (unpaired) electrons. The fourth-order valence-corrected chi connectivity index (χ4v) is 3.93. The van der Waals surface area contributed by atoms with E-state index in [1.54, 1.807) is 6.92 Å². The van der Waals surface area contributed by atoms with Crippen LogP contribution in [0.1, 0.15) is 48.5 Å². The number of carbonyl (C=O) groups excluding carboxylic acids is 1. The van der Waals surface area contributed by atoms with Crippen LogP contribution in [0.4, 0.5) is 0 Å². The first kappa shape index (κ1) is 17.9. The molecule has 0 amide bonds. The van der Waals surface area contributed by atoms with Crippen molar-refractivity contribution in [2.45, 2.75) is 45.3 Å². The van der Waals surface area contributed by atoms with E-state index in [9.17, 15) is 9.59 Å². The SMILES string of the molecule is COC(=O)c1cc(Cl)c2c(c1C)OC(C)(C1CCC(C(=O)O)CC1)O2. The van der Waals surface area contributed by atoms with Gasteiger partial charge in [0.2, 0.25) is 0 Å². The van der Waals surface area contributed by atoms with Crippen molar-refractivity contribution < 1.29 is 28.9 Å². The highest BCUT2D eigenvalue weighted by Gasteiger charge is 2.48. The van der Waals surface area contributed by atoms with Crippen LogP contribution in [0.5, 0.6) is 11.5 Å². The van der Waals surface area contributed by atoms with E-state index in [1.807, 2.05) is 6.92 Å². The molecule has 1 atom stereocenters. The number of esters is 1. The van der Waals surface area contributed by atoms with Gasteiger partial charge in [-0.05, 0) is 38.7 Å². The summed E-state index contributed by atoms with van der Waals surface area (Å²) in [6, 6.07) is 1.53. The lowest BCUT2D eigenvalue weighted by Gasteiger charge is -2.36. The van der Waals surface area contributed by atoms with E-state index >= 15 is 0 Å². The average Bonchev–Trinajstić information content (AvgIpc) is 2.97. The van der Waals surface area contributed by atoms with Gasteiger partial charge in [0, 0.05) is 18.4 Å². The van der Waals surface area contributed by atoms with Crippen LogP contribution in [-0.2, 0) is 9.53 Å². The van der Waals surface area contributed by atoms with E-state index in [-0.39, 0.29) is 11.8 Å². The highest BCUT2D eigenvalue weighted by atomic mass is 35.5. The molecule has 1 aromatic rings. The maximum absolute atomic E-state index is 11.9. The van der Waals surface area contributed by atoms with Gasteiger partial charge < -0.3 is 19.3 Å². The Bertz CT molecular complexity index is 723. The predicted molar refractivity (Wildman–Crippen MR) is 90.3 cm³/mol. The number of benzene rings is 1. The highest BCUT2D eigenvalue weighted by molar-refractivity contribution is 6.32. The number of halogens is 1. The predicted octanol–water partition coefficient (Wildman–Crippen LogP) is 3.81. The third-order valence-corrected chi connectivity index (χ3v) is 5.55. The second-order valence-corrected chi connectivity index (χ2v) is 7.19. The van der Waals surface area contributed by atoms with Gasteiger partial charge in [-0.1, -0.05) is 11.6 Å². The minimum atomic E-state index is -0.922. The molecule has 3 rings (SSSR count). The Balaban J connectivity index is 1.85. The van der Waals surface area contributed by atoms with Crippen molar-refractivity contribution in [3.05, 3.63) is 22.2 Å². The summed E-state index contributed by atoms with van der Waals surface area (Å²) in [6.07, 6.45) is 2.58. The van der Waals surface area contributed by atoms with E-state index in [2.05, 4.69) is 0 Å². The molecule has 136 valence electrons. The molecule has 1 saturated carbocycles. The monoisotopic (exact) mass is 368 g/mol. The van der Waals surface area contributed by atoms with Crippen LogP contribution in [0.25, 0.3) is 0 Å².